The van der Waals surface area contributed by atoms with Gasteiger partial charge in [-0.15, -0.1) is 0 Å². The SMILES string of the molecule is CN1C(=O)CCC(N2C(=O)c3cccc(NC(=O)COCCOCCOCCN=[N+]=[N-])c3C2=O)C1=O. The molecule has 1 saturated heterocycles. The predicted octanol–water partition coefficient (Wildman–Crippen LogP) is 0.729. The van der Waals surface area contributed by atoms with Crippen LogP contribution in [-0.4, -0.2) is 98.6 Å². The van der Waals surface area contributed by atoms with Gasteiger partial charge >= 0.3 is 0 Å². The van der Waals surface area contributed by atoms with Gasteiger partial charge in [0.1, 0.15) is 12.6 Å². The summed E-state index contributed by atoms with van der Waals surface area (Å²) in [6.07, 6.45) is 0.0857. The molecule has 14 nitrogen and oxygen atoms in total. The van der Waals surface area contributed by atoms with Crippen molar-refractivity contribution in [1.29, 1.82) is 0 Å². The number of anilines is 1. The molecule has 1 fully saturated rings. The zero-order valence-electron chi connectivity index (χ0n) is 19.7. The van der Waals surface area contributed by atoms with Gasteiger partial charge < -0.3 is 19.5 Å². The lowest BCUT2D eigenvalue weighted by Crippen LogP contribution is -2.54. The van der Waals surface area contributed by atoms with Gasteiger partial charge in [-0.3, -0.25) is 33.8 Å². The second-order valence-corrected chi connectivity index (χ2v) is 7.83. The van der Waals surface area contributed by atoms with E-state index in [1.54, 1.807) is 0 Å². The zero-order chi connectivity index (χ0) is 26.1. The Kier molecular flexibility index (Phi) is 9.47. The number of amides is 5. The van der Waals surface area contributed by atoms with Crippen molar-refractivity contribution >= 4 is 35.2 Å². The average Bonchev–Trinajstić information content (AvgIpc) is 3.12. The molecule has 0 aromatic heterocycles. The number of piperidine rings is 1. The first-order valence-corrected chi connectivity index (χ1v) is 11.2. The van der Waals surface area contributed by atoms with Crippen LogP contribution in [0.3, 0.4) is 0 Å². The quantitative estimate of drug-likeness (QED) is 0.135. The number of azide groups is 1. The molecule has 0 aliphatic carbocycles. The Morgan fingerprint density at radius 3 is 2.50 bits per heavy atom. The highest BCUT2D eigenvalue weighted by Gasteiger charge is 2.47. The minimum Gasteiger partial charge on any atom is -0.379 e. The van der Waals surface area contributed by atoms with Crippen LogP contribution in [0.1, 0.15) is 33.6 Å². The van der Waals surface area contributed by atoms with Crippen molar-refractivity contribution in [3.05, 3.63) is 39.8 Å². The third-order valence-corrected chi connectivity index (χ3v) is 5.53. The van der Waals surface area contributed by atoms with Crippen LogP contribution in [-0.2, 0) is 28.6 Å². The molecule has 192 valence electrons. The number of nitrogens with zero attached hydrogens (tertiary/aromatic N) is 5. The number of likely N-dealkylation sites (tertiary alicyclic amines) is 1. The van der Waals surface area contributed by atoms with Crippen molar-refractivity contribution in [2.45, 2.75) is 18.9 Å². The van der Waals surface area contributed by atoms with Crippen molar-refractivity contribution in [2.24, 2.45) is 5.11 Å². The maximum Gasteiger partial charge on any atom is 0.264 e. The van der Waals surface area contributed by atoms with Crippen molar-refractivity contribution in [3.63, 3.8) is 0 Å². The second-order valence-electron chi connectivity index (χ2n) is 7.83. The van der Waals surface area contributed by atoms with Crippen LogP contribution in [0, 0.1) is 0 Å². The van der Waals surface area contributed by atoms with Gasteiger partial charge in [-0.1, -0.05) is 11.2 Å². The average molecular weight is 502 g/mol. The topological polar surface area (TPSA) is 180 Å². The van der Waals surface area contributed by atoms with E-state index < -0.39 is 29.7 Å². The zero-order valence-corrected chi connectivity index (χ0v) is 19.7. The van der Waals surface area contributed by atoms with Gasteiger partial charge in [0.2, 0.25) is 11.8 Å². The Morgan fingerprint density at radius 2 is 1.78 bits per heavy atom. The lowest BCUT2D eigenvalue weighted by molar-refractivity contribution is -0.149. The number of benzene rings is 1. The summed E-state index contributed by atoms with van der Waals surface area (Å²) in [5.41, 5.74) is 8.33. The summed E-state index contributed by atoms with van der Waals surface area (Å²) in [6, 6.07) is 3.37. The summed E-state index contributed by atoms with van der Waals surface area (Å²) in [5.74, 6) is -2.89. The van der Waals surface area contributed by atoms with E-state index in [9.17, 15) is 24.0 Å². The van der Waals surface area contributed by atoms with Gasteiger partial charge in [-0.05, 0) is 24.1 Å². The molecule has 36 heavy (non-hydrogen) atoms. The molecule has 2 aliphatic heterocycles. The summed E-state index contributed by atoms with van der Waals surface area (Å²) < 4.78 is 15.7. The summed E-state index contributed by atoms with van der Waals surface area (Å²) in [4.78, 5) is 67.1. The lowest BCUT2D eigenvalue weighted by atomic mass is 10.0. The van der Waals surface area contributed by atoms with Gasteiger partial charge in [0.15, 0.2) is 0 Å². The smallest absolute Gasteiger partial charge is 0.264 e. The van der Waals surface area contributed by atoms with Gasteiger partial charge in [-0.2, -0.15) is 0 Å². The highest BCUT2D eigenvalue weighted by molar-refractivity contribution is 6.26. The summed E-state index contributed by atoms with van der Waals surface area (Å²) >= 11 is 0. The molecule has 1 atom stereocenters. The maximum atomic E-state index is 13.1. The molecule has 1 unspecified atom stereocenters. The first kappa shape index (κ1) is 26.8. The molecule has 1 aromatic carbocycles. The summed E-state index contributed by atoms with van der Waals surface area (Å²) in [5, 5.41) is 5.90. The molecule has 0 bridgehead atoms. The monoisotopic (exact) mass is 502 g/mol. The van der Waals surface area contributed by atoms with Crippen molar-refractivity contribution in [2.75, 3.05) is 58.6 Å². The van der Waals surface area contributed by atoms with Gasteiger partial charge in [-0.25, -0.2) is 0 Å². The minimum absolute atomic E-state index is 0.00741. The number of hydrogen-bond donors (Lipinski definition) is 1. The largest absolute Gasteiger partial charge is 0.379 e. The standard InChI is InChI=1S/C22H26N6O8/c1-27-18(30)6-5-16(21(27)32)28-20(31)14-3-2-4-15(19(14)22(28)33)25-17(29)13-36-12-11-35-10-9-34-8-7-24-26-23/h2-4,16H,5-13H2,1H3,(H,25,29). The minimum atomic E-state index is -1.08. The first-order chi connectivity index (χ1) is 17.4. The van der Waals surface area contributed by atoms with Crippen molar-refractivity contribution < 1.29 is 38.2 Å². The van der Waals surface area contributed by atoms with E-state index >= 15 is 0 Å². The van der Waals surface area contributed by atoms with E-state index in [0.29, 0.717) is 19.8 Å². The van der Waals surface area contributed by atoms with Crippen molar-refractivity contribution in [3.8, 4) is 0 Å². The first-order valence-electron chi connectivity index (χ1n) is 11.2. The van der Waals surface area contributed by atoms with Crippen LogP contribution in [0.4, 0.5) is 5.69 Å². The molecule has 14 heteroatoms. The highest BCUT2D eigenvalue weighted by atomic mass is 16.5. The number of imide groups is 2. The van der Waals surface area contributed by atoms with Crippen LogP contribution >= 0.6 is 0 Å². The van der Waals surface area contributed by atoms with E-state index in [2.05, 4.69) is 15.3 Å². The van der Waals surface area contributed by atoms with Crippen LogP contribution in [0.15, 0.2) is 23.3 Å². The number of nitrogens with one attached hydrogen (secondary N) is 1. The van der Waals surface area contributed by atoms with Crippen molar-refractivity contribution in [1.82, 2.24) is 9.80 Å². The van der Waals surface area contributed by atoms with E-state index in [-0.39, 0.29) is 61.9 Å². The van der Waals surface area contributed by atoms with Crippen LogP contribution in [0.2, 0.25) is 0 Å². The normalized spacial score (nSPS) is 17.3. The number of ether oxygens (including phenoxy) is 3. The second kappa shape index (κ2) is 12.7. The fourth-order valence-electron chi connectivity index (χ4n) is 3.77. The van der Waals surface area contributed by atoms with Crippen LogP contribution < -0.4 is 5.32 Å². The van der Waals surface area contributed by atoms with Gasteiger partial charge in [0.25, 0.3) is 17.7 Å². The third-order valence-electron chi connectivity index (χ3n) is 5.53. The lowest BCUT2D eigenvalue weighted by Gasteiger charge is -2.32. The Bertz CT molecular complexity index is 1090. The highest BCUT2D eigenvalue weighted by Crippen LogP contribution is 2.33. The van der Waals surface area contributed by atoms with E-state index in [4.69, 9.17) is 19.7 Å². The number of carbonyl (C=O) groups excluding carboxylic acids is 5. The summed E-state index contributed by atoms with van der Waals surface area (Å²) in [7, 11) is 1.31. The number of hydrogen-bond acceptors (Lipinski definition) is 9. The molecule has 2 aliphatic rings. The Hall–Kier alpha value is -3.84. The van der Waals surface area contributed by atoms with E-state index in [0.717, 1.165) is 9.80 Å². The molecular formula is C22H26N6O8. The fourth-order valence-corrected chi connectivity index (χ4v) is 3.77. The molecule has 2 heterocycles. The molecule has 1 aromatic rings. The number of fused-ring (bicyclic) bond motifs is 1. The molecule has 0 radical (unpaired) electrons. The number of carbonyl (C=O) groups is 5. The molecule has 0 saturated carbocycles. The number of likely N-dealkylation sites (N-methyl/N-ethyl adjacent to an activating group) is 1. The molecule has 1 N–H and O–H groups in total. The fraction of sp³-hybridized carbons (Fsp3) is 0.500. The number of rotatable bonds is 13. The third kappa shape index (κ3) is 6.23. The Morgan fingerprint density at radius 1 is 1.08 bits per heavy atom. The maximum absolute atomic E-state index is 13.1. The van der Waals surface area contributed by atoms with Crippen LogP contribution in [0.5, 0.6) is 0 Å². The van der Waals surface area contributed by atoms with E-state index in [1.165, 1.54) is 25.2 Å². The predicted molar refractivity (Wildman–Crippen MR) is 123 cm³/mol. The summed E-state index contributed by atoms with van der Waals surface area (Å²) in [6.45, 7) is 1.23. The van der Waals surface area contributed by atoms with Gasteiger partial charge in [0, 0.05) is 24.9 Å². The van der Waals surface area contributed by atoms with E-state index in [1.807, 2.05) is 0 Å². The molecular weight excluding hydrogens is 476 g/mol. The molecule has 0 spiro atoms. The van der Waals surface area contributed by atoms with Gasteiger partial charge in [0.05, 0.1) is 49.8 Å². The Balaban J connectivity index is 1.48. The molecule has 3 rings (SSSR count). The van der Waals surface area contributed by atoms with Crippen LogP contribution in [0.25, 0.3) is 10.4 Å². The Labute approximate surface area is 206 Å². The molecule has 5 amide bonds.